The van der Waals surface area contributed by atoms with E-state index in [-0.39, 0.29) is 26.4 Å². The molecule has 3 N–H and O–H groups in total. The maximum atomic E-state index is 13.7. The maximum absolute atomic E-state index is 13.7. The molecule has 0 heterocycles. The summed E-state index contributed by atoms with van der Waals surface area (Å²) in [5, 5.41) is 2.52. The molecule has 0 aliphatic heterocycles. The van der Waals surface area contributed by atoms with Crippen molar-refractivity contribution in [1.82, 2.24) is 0 Å². The van der Waals surface area contributed by atoms with Crippen LogP contribution in [0.25, 0.3) is 0 Å². The van der Waals surface area contributed by atoms with E-state index < -0.39 is 21.5 Å². The minimum absolute atomic E-state index is 0.0299. The van der Waals surface area contributed by atoms with Crippen LogP contribution >= 0.6 is 15.9 Å². The average molecular weight is 377 g/mol. The van der Waals surface area contributed by atoms with Crippen molar-refractivity contribution in [2.24, 2.45) is 0 Å². The van der Waals surface area contributed by atoms with Gasteiger partial charge in [0.2, 0.25) is 0 Å². The Morgan fingerprint density at radius 3 is 2.19 bits per heavy atom. The van der Waals surface area contributed by atoms with E-state index in [0.29, 0.717) is 0 Å². The molecular weight excluding hydrogens is 366 g/mol. The lowest BCUT2D eigenvalue weighted by atomic mass is 10.2. The molecule has 0 fully saturated rings. The van der Waals surface area contributed by atoms with Gasteiger partial charge in [0, 0.05) is 10.7 Å². The number of sulfone groups is 1. The minimum atomic E-state index is -3.40. The summed E-state index contributed by atoms with van der Waals surface area (Å²) in [5.74, 6) is -1.60. The zero-order valence-electron chi connectivity index (χ0n) is 10.8. The molecule has 0 radical (unpaired) electrons. The van der Waals surface area contributed by atoms with Crippen molar-refractivity contribution in [3.63, 3.8) is 0 Å². The van der Waals surface area contributed by atoms with E-state index in [2.05, 4.69) is 21.2 Å². The highest BCUT2D eigenvalue weighted by molar-refractivity contribution is 9.10. The molecule has 2 rings (SSSR count). The van der Waals surface area contributed by atoms with Gasteiger partial charge in [-0.05, 0) is 30.3 Å². The number of nitrogens with one attached hydrogen (secondary N) is 1. The molecular formula is C13H11BrF2N2O2S. The zero-order chi connectivity index (χ0) is 15.8. The first-order chi connectivity index (χ1) is 9.68. The van der Waals surface area contributed by atoms with Crippen LogP contribution in [0.5, 0.6) is 0 Å². The first kappa shape index (κ1) is 15.7. The second-order valence-corrected chi connectivity index (χ2v) is 7.32. The molecule has 2 aromatic rings. The van der Waals surface area contributed by atoms with Gasteiger partial charge in [0.1, 0.15) is 5.69 Å². The molecule has 4 nitrogen and oxygen atoms in total. The molecule has 21 heavy (non-hydrogen) atoms. The van der Waals surface area contributed by atoms with Gasteiger partial charge < -0.3 is 11.1 Å². The van der Waals surface area contributed by atoms with E-state index in [9.17, 15) is 17.2 Å². The van der Waals surface area contributed by atoms with Crippen molar-refractivity contribution in [3.05, 3.63) is 46.4 Å². The summed E-state index contributed by atoms with van der Waals surface area (Å²) in [6.45, 7) is 0. The molecule has 0 spiro atoms. The molecule has 2 aromatic carbocycles. The Morgan fingerprint density at radius 1 is 1.14 bits per heavy atom. The fourth-order valence-corrected chi connectivity index (χ4v) is 2.74. The number of rotatable bonds is 3. The van der Waals surface area contributed by atoms with Crippen LogP contribution in [-0.4, -0.2) is 14.7 Å². The molecule has 0 unspecified atom stereocenters. The molecule has 0 aromatic heterocycles. The lowest BCUT2D eigenvalue weighted by Crippen LogP contribution is -2.03. The molecule has 0 amide bonds. The van der Waals surface area contributed by atoms with Crippen molar-refractivity contribution >= 4 is 42.8 Å². The van der Waals surface area contributed by atoms with Gasteiger partial charge in [0.25, 0.3) is 0 Å². The van der Waals surface area contributed by atoms with E-state index >= 15 is 0 Å². The van der Waals surface area contributed by atoms with Gasteiger partial charge in [-0.3, -0.25) is 0 Å². The molecule has 0 aliphatic carbocycles. The van der Waals surface area contributed by atoms with Gasteiger partial charge in [-0.1, -0.05) is 15.9 Å². The quantitative estimate of drug-likeness (QED) is 0.804. The SMILES string of the molecule is CS(=O)(=O)c1ccc(Nc2c(F)cc(Br)cc2F)c(N)c1. The number of halogens is 3. The first-order valence-corrected chi connectivity index (χ1v) is 8.38. The van der Waals surface area contributed by atoms with Crippen LogP contribution in [0.4, 0.5) is 25.8 Å². The van der Waals surface area contributed by atoms with E-state index in [1.165, 1.54) is 18.2 Å². The van der Waals surface area contributed by atoms with Crippen LogP contribution in [0.3, 0.4) is 0 Å². The fraction of sp³-hybridized carbons (Fsp3) is 0.0769. The van der Waals surface area contributed by atoms with Crippen LogP contribution in [0.1, 0.15) is 0 Å². The summed E-state index contributed by atoms with van der Waals surface area (Å²) >= 11 is 2.98. The third-order valence-corrected chi connectivity index (χ3v) is 4.29. The summed E-state index contributed by atoms with van der Waals surface area (Å²) in [4.78, 5) is 0.0299. The second kappa shape index (κ2) is 5.61. The Bertz CT molecular complexity index is 787. The van der Waals surface area contributed by atoms with Gasteiger partial charge in [-0.2, -0.15) is 0 Å². The average Bonchev–Trinajstić information content (AvgIpc) is 2.33. The highest BCUT2D eigenvalue weighted by Gasteiger charge is 2.14. The van der Waals surface area contributed by atoms with E-state index in [1.54, 1.807) is 0 Å². The van der Waals surface area contributed by atoms with Crippen LogP contribution < -0.4 is 11.1 Å². The van der Waals surface area contributed by atoms with Gasteiger partial charge in [-0.15, -0.1) is 0 Å². The van der Waals surface area contributed by atoms with Crippen molar-refractivity contribution < 1.29 is 17.2 Å². The van der Waals surface area contributed by atoms with E-state index in [0.717, 1.165) is 18.4 Å². The van der Waals surface area contributed by atoms with Gasteiger partial charge in [0.05, 0.1) is 16.3 Å². The van der Waals surface area contributed by atoms with Crippen molar-refractivity contribution in [2.75, 3.05) is 17.3 Å². The highest BCUT2D eigenvalue weighted by Crippen LogP contribution is 2.30. The second-order valence-electron chi connectivity index (χ2n) is 4.39. The normalized spacial score (nSPS) is 11.4. The Kier molecular flexibility index (Phi) is 4.20. The van der Waals surface area contributed by atoms with Crippen LogP contribution in [0.15, 0.2) is 39.7 Å². The number of hydrogen-bond acceptors (Lipinski definition) is 4. The topological polar surface area (TPSA) is 72.2 Å². The number of anilines is 3. The number of nitrogen functional groups attached to an aromatic ring is 1. The standard InChI is InChI=1S/C13H11BrF2N2O2S/c1-21(19,20)8-2-3-12(11(17)6-8)18-13-9(15)4-7(14)5-10(13)16/h2-6,18H,17H2,1H3. The van der Waals surface area contributed by atoms with Crippen LogP contribution in [0, 0.1) is 11.6 Å². The molecule has 0 saturated carbocycles. The Morgan fingerprint density at radius 2 is 1.71 bits per heavy atom. The number of benzene rings is 2. The molecule has 0 saturated heterocycles. The van der Waals surface area contributed by atoms with Gasteiger partial charge in [-0.25, -0.2) is 17.2 Å². The highest BCUT2D eigenvalue weighted by atomic mass is 79.9. The first-order valence-electron chi connectivity index (χ1n) is 5.69. The number of nitrogens with two attached hydrogens (primary N) is 1. The van der Waals surface area contributed by atoms with Gasteiger partial charge in [0.15, 0.2) is 21.5 Å². The lowest BCUT2D eigenvalue weighted by molar-refractivity contribution is 0.589. The molecule has 112 valence electrons. The minimum Gasteiger partial charge on any atom is -0.397 e. The molecule has 0 bridgehead atoms. The summed E-state index contributed by atoms with van der Waals surface area (Å²) in [6, 6.07) is 6.10. The predicted octanol–water partition coefficient (Wildman–Crippen LogP) is 3.46. The van der Waals surface area contributed by atoms with E-state index in [1.807, 2.05) is 0 Å². The summed E-state index contributed by atoms with van der Waals surface area (Å²) in [7, 11) is -3.40. The van der Waals surface area contributed by atoms with Crippen LogP contribution in [-0.2, 0) is 9.84 Å². The van der Waals surface area contributed by atoms with Crippen molar-refractivity contribution in [3.8, 4) is 0 Å². The Labute approximate surface area is 129 Å². The Hall–Kier alpha value is -1.67. The Balaban J connectivity index is 2.42. The van der Waals surface area contributed by atoms with Gasteiger partial charge >= 0.3 is 0 Å². The zero-order valence-corrected chi connectivity index (χ0v) is 13.2. The number of hydrogen-bond donors (Lipinski definition) is 2. The fourth-order valence-electron chi connectivity index (χ4n) is 1.68. The molecule has 0 atom stereocenters. The molecule has 8 heteroatoms. The largest absolute Gasteiger partial charge is 0.397 e. The van der Waals surface area contributed by atoms with Crippen LogP contribution in [0.2, 0.25) is 0 Å². The van der Waals surface area contributed by atoms with Crippen molar-refractivity contribution in [1.29, 1.82) is 0 Å². The third-order valence-electron chi connectivity index (χ3n) is 2.72. The lowest BCUT2D eigenvalue weighted by Gasteiger charge is -2.12. The van der Waals surface area contributed by atoms with E-state index in [4.69, 9.17) is 5.73 Å². The molecule has 0 aliphatic rings. The predicted molar refractivity (Wildman–Crippen MR) is 81.3 cm³/mol. The smallest absolute Gasteiger partial charge is 0.175 e. The monoisotopic (exact) mass is 376 g/mol. The third kappa shape index (κ3) is 3.51. The maximum Gasteiger partial charge on any atom is 0.175 e. The summed E-state index contributed by atoms with van der Waals surface area (Å²) in [6.07, 6.45) is 1.04. The summed E-state index contributed by atoms with van der Waals surface area (Å²) in [5.41, 5.74) is 5.63. The van der Waals surface area contributed by atoms with Crippen molar-refractivity contribution in [2.45, 2.75) is 4.90 Å². The summed E-state index contributed by atoms with van der Waals surface area (Å²) < 4.78 is 50.5.